The highest BCUT2D eigenvalue weighted by Crippen LogP contribution is 2.30. The van der Waals surface area contributed by atoms with Gasteiger partial charge in [0.1, 0.15) is 0 Å². The molecular weight excluding hydrogens is 340 g/mol. The Morgan fingerprint density at radius 3 is 2.67 bits per heavy atom. The smallest absolute Gasteiger partial charge is 0.256 e. The summed E-state index contributed by atoms with van der Waals surface area (Å²) in [5, 5.41) is 13.5. The number of aryl methyl sites for hydroxylation is 1. The molecule has 2 atom stereocenters. The summed E-state index contributed by atoms with van der Waals surface area (Å²) in [6.45, 7) is 2.02. The third-order valence-electron chi connectivity index (χ3n) is 5.36. The Labute approximate surface area is 157 Å². The normalized spacial score (nSPS) is 19.4. The molecule has 2 aromatic carbocycles. The number of benzene rings is 2. The number of aromatic nitrogens is 1. The first kappa shape index (κ1) is 17.5. The molecular formula is C22H22N2O3. The van der Waals surface area contributed by atoms with E-state index in [2.05, 4.69) is 23.3 Å². The number of H-pyrrole nitrogens is 1. The number of fused-ring (bicyclic) bond motifs is 1. The van der Waals surface area contributed by atoms with Crippen LogP contribution in [0, 0.1) is 0 Å². The molecule has 5 nitrogen and oxygen atoms in total. The Morgan fingerprint density at radius 2 is 1.93 bits per heavy atom. The van der Waals surface area contributed by atoms with Gasteiger partial charge in [-0.05, 0) is 41.5 Å². The molecule has 1 fully saturated rings. The van der Waals surface area contributed by atoms with E-state index < -0.39 is 0 Å². The van der Waals surface area contributed by atoms with Crippen LogP contribution in [-0.2, 0) is 11.2 Å². The molecule has 3 N–H and O–H groups in total. The molecule has 0 spiro atoms. The number of hydrogen-bond donors (Lipinski definition) is 3. The van der Waals surface area contributed by atoms with E-state index in [1.165, 1.54) is 5.56 Å². The zero-order valence-corrected chi connectivity index (χ0v) is 15.2. The van der Waals surface area contributed by atoms with Crippen LogP contribution in [-0.4, -0.2) is 28.6 Å². The average Bonchev–Trinajstić information content (AvgIpc) is 3.08. The number of rotatable bonds is 4. The van der Waals surface area contributed by atoms with E-state index in [9.17, 15) is 14.7 Å². The maximum atomic E-state index is 12.7. The van der Waals surface area contributed by atoms with Crippen molar-refractivity contribution in [2.45, 2.75) is 31.7 Å². The van der Waals surface area contributed by atoms with Crippen molar-refractivity contribution in [1.82, 2.24) is 10.3 Å². The summed E-state index contributed by atoms with van der Waals surface area (Å²) < 4.78 is 0. The van der Waals surface area contributed by atoms with Gasteiger partial charge in [-0.2, -0.15) is 0 Å². The van der Waals surface area contributed by atoms with Gasteiger partial charge in [-0.1, -0.05) is 43.3 Å². The van der Waals surface area contributed by atoms with Gasteiger partial charge in [-0.25, -0.2) is 0 Å². The van der Waals surface area contributed by atoms with Crippen molar-refractivity contribution in [2.24, 2.45) is 0 Å². The van der Waals surface area contributed by atoms with Crippen LogP contribution in [0.15, 0.2) is 53.3 Å². The van der Waals surface area contributed by atoms with Crippen molar-refractivity contribution in [1.29, 1.82) is 0 Å². The molecule has 0 bridgehead atoms. The lowest BCUT2D eigenvalue weighted by Gasteiger charge is -2.11. The van der Waals surface area contributed by atoms with Gasteiger partial charge in [0.15, 0.2) is 0 Å². The molecule has 1 unspecified atom stereocenters. The summed E-state index contributed by atoms with van der Waals surface area (Å²) in [6.07, 6.45) is 1.43. The summed E-state index contributed by atoms with van der Waals surface area (Å²) in [6, 6.07) is 15.4. The lowest BCUT2D eigenvalue weighted by Crippen LogP contribution is -2.28. The van der Waals surface area contributed by atoms with Crippen LogP contribution in [0.4, 0.5) is 0 Å². The topological polar surface area (TPSA) is 82.2 Å². The number of carbonyl (C=O) groups excluding carboxylic acids is 1. The molecule has 2 heterocycles. The number of aliphatic hydroxyl groups excluding tert-OH is 1. The highest BCUT2D eigenvalue weighted by Gasteiger charge is 2.32. The van der Waals surface area contributed by atoms with Gasteiger partial charge in [0.25, 0.3) is 5.56 Å². The second-order valence-electron chi connectivity index (χ2n) is 7.05. The van der Waals surface area contributed by atoms with Gasteiger partial charge in [0.2, 0.25) is 5.91 Å². The SMILES string of the molecule is CCc1ccccc1-c1cc2ccc([C@@H]3CC(CO)NC3=O)cc2c(=O)[nH]1. The molecule has 5 heteroatoms. The minimum Gasteiger partial charge on any atom is -0.394 e. The number of nitrogens with one attached hydrogen (secondary N) is 2. The maximum absolute atomic E-state index is 12.7. The van der Waals surface area contributed by atoms with Gasteiger partial charge in [0, 0.05) is 16.6 Å². The summed E-state index contributed by atoms with van der Waals surface area (Å²) >= 11 is 0. The minimum absolute atomic E-state index is 0.0728. The zero-order chi connectivity index (χ0) is 19.0. The number of aliphatic hydroxyl groups is 1. The monoisotopic (exact) mass is 362 g/mol. The molecule has 0 saturated carbocycles. The molecule has 4 rings (SSSR count). The fourth-order valence-electron chi connectivity index (χ4n) is 3.89. The Hall–Kier alpha value is -2.92. The predicted octanol–water partition coefficient (Wildman–Crippen LogP) is 2.72. The van der Waals surface area contributed by atoms with Crippen molar-refractivity contribution in [3.63, 3.8) is 0 Å². The van der Waals surface area contributed by atoms with E-state index in [0.717, 1.165) is 28.6 Å². The van der Waals surface area contributed by atoms with Crippen molar-refractivity contribution in [3.05, 3.63) is 70.0 Å². The summed E-state index contributed by atoms with van der Waals surface area (Å²) in [4.78, 5) is 27.9. The van der Waals surface area contributed by atoms with Gasteiger partial charge in [0.05, 0.1) is 18.6 Å². The minimum atomic E-state index is -0.327. The van der Waals surface area contributed by atoms with E-state index >= 15 is 0 Å². The highest BCUT2D eigenvalue weighted by molar-refractivity contribution is 5.90. The van der Waals surface area contributed by atoms with Crippen LogP contribution in [0.1, 0.15) is 30.4 Å². The third kappa shape index (κ3) is 3.15. The van der Waals surface area contributed by atoms with Crippen LogP contribution < -0.4 is 10.9 Å². The standard InChI is InChI=1S/C22H22N2O3/c1-2-13-5-3-4-6-17(13)20-10-15-8-7-14(9-18(15)22(27)24-20)19-11-16(12-25)23-21(19)26/h3-10,16,19,25H,2,11-12H2,1H3,(H,23,26)(H,24,27)/t16?,19-/m0/s1. The fraction of sp³-hybridized carbons (Fsp3) is 0.273. The van der Waals surface area contributed by atoms with Gasteiger partial charge in [-0.3, -0.25) is 9.59 Å². The van der Waals surface area contributed by atoms with Crippen LogP contribution >= 0.6 is 0 Å². The van der Waals surface area contributed by atoms with Crippen LogP contribution in [0.2, 0.25) is 0 Å². The largest absolute Gasteiger partial charge is 0.394 e. The first-order valence-corrected chi connectivity index (χ1v) is 9.27. The van der Waals surface area contributed by atoms with E-state index in [1.54, 1.807) is 6.07 Å². The molecule has 1 amide bonds. The Kier molecular flexibility index (Phi) is 4.54. The maximum Gasteiger partial charge on any atom is 0.256 e. The number of amides is 1. The predicted molar refractivity (Wildman–Crippen MR) is 106 cm³/mol. The van der Waals surface area contributed by atoms with Gasteiger partial charge < -0.3 is 15.4 Å². The van der Waals surface area contributed by atoms with Crippen LogP contribution in [0.3, 0.4) is 0 Å². The van der Waals surface area contributed by atoms with Crippen molar-refractivity contribution < 1.29 is 9.90 Å². The van der Waals surface area contributed by atoms with Crippen molar-refractivity contribution in [2.75, 3.05) is 6.61 Å². The van der Waals surface area contributed by atoms with Crippen LogP contribution in [0.5, 0.6) is 0 Å². The van der Waals surface area contributed by atoms with Crippen molar-refractivity contribution >= 4 is 16.7 Å². The fourth-order valence-corrected chi connectivity index (χ4v) is 3.89. The van der Waals surface area contributed by atoms with Crippen molar-refractivity contribution in [3.8, 4) is 11.3 Å². The molecule has 1 saturated heterocycles. The summed E-state index contributed by atoms with van der Waals surface area (Å²) in [5.74, 6) is -0.426. The Balaban J connectivity index is 1.77. The van der Waals surface area contributed by atoms with Crippen LogP contribution in [0.25, 0.3) is 22.0 Å². The Bertz CT molecular complexity index is 1070. The van der Waals surface area contributed by atoms with Gasteiger partial charge >= 0.3 is 0 Å². The second kappa shape index (κ2) is 7.00. The van der Waals surface area contributed by atoms with E-state index in [1.807, 2.05) is 36.4 Å². The quantitative estimate of drug-likeness (QED) is 0.667. The molecule has 27 heavy (non-hydrogen) atoms. The third-order valence-corrected chi connectivity index (χ3v) is 5.36. The van der Waals surface area contributed by atoms with Gasteiger partial charge in [-0.15, -0.1) is 0 Å². The highest BCUT2D eigenvalue weighted by atomic mass is 16.3. The average molecular weight is 362 g/mol. The molecule has 0 aliphatic carbocycles. The number of pyridine rings is 1. The summed E-state index contributed by atoms with van der Waals surface area (Å²) in [5.41, 5.74) is 3.66. The zero-order valence-electron chi connectivity index (χ0n) is 15.2. The molecule has 138 valence electrons. The van der Waals surface area contributed by atoms with E-state index in [-0.39, 0.29) is 30.0 Å². The van der Waals surface area contributed by atoms with E-state index in [4.69, 9.17) is 0 Å². The second-order valence-corrected chi connectivity index (χ2v) is 7.05. The Morgan fingerprint density at radius 1 is 1.11 bits per heavy atom. The molecule has 1 aliphatic rings. The lowest BCUT2D eigenvalue weighted by molar-refractivity contribution is -0.120. The lowest BCUT2D eigenvalue weighted by atomic mass is 9.93. The van der Waals surface area contributed by atoms with E-state index in [0.29, 0.717) is 11.8 Å². The molecule has 1 aromatic heterocycles. The first-order chi connectivity index (χ1) is 13.1. The summed E-state index contributed by atoms with van der Waals surface area (Å²) in [7, 11) is 0. The number of carbonyl (C=O) groups is 1. The number of aromatic amines is 1. The molecule has 0 radical (unpaired) electrons. The molecule has 3 aromatic rings. The first-order valence-electron chi connectivity index (χ1n) is 9.27. The number of hydrogen-bond acceptors (Lipinski definition) is 3. The molecule has 1 aliphatic heterocycles.